The summed E-state index contributed by atoms with van der Waals surface area (Å²) in [4.78, 5) is 8.14. The molecule has 18 heavy (non-hydrogen) atoms. The van der Waals surface area contributed by atoms with Crippen LogP contribution in [0.4, 0.5) is 8.78 Å². The van der Waals surface area contributed by atoms with E-state index in [-0.39, 0.29) is 0 Å². The smallest absolute Gasteiger partial charge is 0.126 e. The SMILES string of the molecule is Cc1nccc(C(NN)c2cc(F)cc(F)c2)n1. The van der Waals surface area contributed by atoms with Gasteiger partial charge < -0.3 is 0 Å². The van der Waals surface area contributed by atoms with E-state index in [1.807, 2.05) is 0 Å². The normalized spacial score (nSPS) is 12.4. The summed E-state index contributed by atoms with van der Waals surface area (Å²) >= 11 is 0. The summed E-state index contributed by atoms with van der Waals surface area (Å²) in [6, 6.07) is 4.29. The minimum atomic E-state index is -0.656. The highest BCUT2D eigenvalue weighted by molar-refractivity contribution is 5.28. The molecule has 1 aromatic carbocycles. The van der Waals surface area contributed by atoms with Gasteiger partial charge in [-0.2, -0.15) is 0 Å². The molecular formula is C12H12F2N4. The second-order valence-electron chi connectivity index (χ2n) is 3.83. The molecule has 1 heterocycles. The van der Waals surface area contributed by atoms with Crippen molar-refractivity contribution in [2.45, 2.75) is 13.0 Å². The van der Waals surface area contributed by atoms with E-state index in [9.17, 15) is 8.78 Å². The van der Waals surface area contributed by atoms with Crippen LogP contribution in [0.3, 0.4) is 0 Å². The molecule has 2 aromatic rings. The van der Waals surface area contributed by atoms with Crippen LogP contribution in [-0.2, 0) is 0 Å². The topological polar surface area (TPSA) is 63.8 Å². The first-order chi connectivity index (χ1) is 8.60. The summed E-state index contributed by atoms with van der Waals surface area (Å²) in [5, 5.41) is 0. The van der Waals surface area contributed by atoms with Crippen LogP contribution >= 0.6 is 0 Å². The van der Waals surface area contributed by atoms with Gasteiger partial charge in [0, 0.05) is 12.3 Å². The first kappa shape index (κ1) is 12.5. The number of aryl methyl sites for hydroxylation is 1. The van der Waals surface area contributed by atoms with E-state index < -0.39 is 17.7 Å². The highest BCUT2D eigenvalue weighted by atomic mass is 19.1. The third-order valence-corrected chi connectivity index (χ3v) is 2.48. The van der Waals surface area contributed by atoms with E-state index in [1.165, 1.54) is 12.1 Å². The molecule has 94 valence electrons. The van der Waals surface area contributed by atoms with Crippen LogP contribution in [0, 0.1) is 18.6 Å². The van der Waals surface area contributed by atoms with Crippen molar-refractivity contribution in [3.8, 4) is 0 Å². The number of benzene rings is 1. The number of hydrogen-bond donors (Lipinski definition) is 2. The number of aromatic nitrogens is 2. The van der Waals surface area contributed by atoms with E-state index in [2.05, 4.69) is 15.4 Å². The molecule has 0 saturated carbocycles. The van der Waals surface area contributed by atoms with Gasteiger partial charge in [0.25, 0.3) is 0 Å². The number of hydrogen-bond acceptors (Lipinski definition) is 4. The monoisotopic (exact) mass is 250 g/mol. The third-order valence-electron chi connectivity index (χ3n) is 2.48. The second-order valence-corrected chi connectivity index (χ2v) is 3.83. The van der Waals surface area contributed by atoms with Crippen LogP contribution in [0.5, 0.6) is 0 Å². The van der Waals surface area contributed by atoms with Gasteiger partial charge in [0.05, 0.1) is 11.7 Å². The molecule has 4 nitrogen and oxygen atoms in total. The van der Waals surface area contributed by atoms with Crippen molar-refractivity contribution in [1.82, 2.24) is 15.4 Å². The fourth-order valence-corrected chi connectivity index (χ4v) is 1.73. The van der Waals surface area contributed by atoms with E-state index in [4.69, 9.17) is 5.84 Å². The minimum absolute atomic E-state index is 0.369. The van der Waals surface area contributed by atoms with Gasteiger partial charge in [-0.05, 0) is 30.7 Å². The molecular weight excluding hydrogens is 238 g/mol. The highest BCUT2D eigenvalue weighted by Crippen LogP contribution is 2.21. The summed E-state index contributed by atoms with van der Waals surface area (Å²) in [5.74, 6) is 4.68. The molecule has 0 fully saturated rings. The number of rotatable bonds is 3. The van der Waals surface area contributed by atoms with Crippen molar-refractivity contribution in [1.29, 1.82) is 0 Å². The summed E-state index contributed by atoms with van der Waals surface area (Å²) in [5.41, 5.74) is 3.41. The number of hydrazine groups is 1. The Kier molecular flexibility index (Phi) is 3.59. The van der Waals surface area contributed by atoms with Gasteiger partial charge >= 0.3 is 0 Å². The standard InChI is InChI=1S/C12H12F2N4/c1-7-16-3-2-11(17-7)12(18-15)8-4-9(13)6-10(14)5-8/h2-6,12,18H,15H2,1H3. The minimum Gasteiger partial charge on any atom is -0.271 e. The van der Waals surface area contributed by atoms with Gasteiger partial charge in [0.2, 0.25) is 0 Å². The number of nitrogens with zero attached hydrogens (tertiary/aromatic N) is 2. The fourth-order valence-electron chi connectivity index (χ4n) is 1.73. The van der Waals surface area contributed by atoms with Gasteiger partial charge in [-0.15, -0.1) is 0 Å². The first-order valence-corrected chi connectivity index (χ1v) is 5.32. The number of nitrogens with two attached hydrogens (primary N) is 1. The molecule has 2 rings (SSSR count). The molecule has 0 aliphatic heterocycles. The predicted molar refractivity (Wildman–Crippen MR) is 62.3 cm³/mol. The summed E-state index contributed by atoms with van der Waals surface area (Å²) < 4.78 is 26.4. The zero-order valence-corrected chi connectivity index (χ0v) is 9.69. The quantitative estimate of drug-likeness (QED) is 0.641. The molecule has 1 unspecified atom stereocenters. The highest BCUT2D eigenvalue weighted by Gasteiger charge is 2.16. The van der Waals surface area contributed by atoms with Gasteiger partial charge in [-0.25, -0.2) is 24.2 Å². The molecule has 0 radical (unpaired) electrons. The average molecular weight is 250 g/mol. The van der Waals surface area contributed by atoms with E-state index in [0.29, 0.717) is 17.1 Å². The lowest BCUT2D eigenvalue weighted by Crippen LogP contribution is -2.29. The van der Waals surface area contributed by atoms with Crippen LogP contribution in [0.25, 0.3) is 0 Å². The third kappa shape index (κ3) is 2.66. The first-order valence-electron chi connectivity index (χ1n) is 5.32. The van der Waals surface area contributed by atoms with Crippen molar-refractivity contribution in [3.63, 3.8) is 0 Å². The van der Waals surface area contributed by atoms with Crippen LogP contribution < -0.4 is 11.3 Å². The summed E-state index contributed by atoms with van der Waals surface area (Å²) in [6.45, 7) is 1.73. The lowest BCUT2D eigenvalue weighted by Gasteiger charge is -2.16. The average Bonchev–Trinajstić information content (AvgIpc) is 2.28. The molecule has 0 aliphatic carbocycles. The summed E-state index contributed by atoms with van der Waals surface area (Å²) in [6.07, 6.45) is 1.57. The molecule has 0 spiro atoms. The number of nitrogens with one attached hydrogen (secondary N) is 1. The number of halogens is 2. The van der Waals surface area contributed by atoms with Crippen molar-refractivity contribution in [2.75, 3.05) is 0 Å². The van der Waals surface area contributed by atoms with Gasteiger partial charge in [-0.1, -0.05) is 0 Å². The van der Waals surface area contributed by atoms with E-state index in [1.54, 1.807) is 19.2 Å². The predicted octanol–water partition coefficient (Wildman–Crippen LogP) is 1.62. The van der Waals surface area contributed by atoms with Crippen molar-refractivity contribution >= 4 is 0 Å². The van der Waals surface area contributed by atoms with Crippen molar-refractivity contribution < 1.29 is 8.78 Å². The zero-order valence-electron chi connectivity index (χ0n) is 9.69. The molecule has 3 N–H and O–H groups in total. The van der Waals surface area contributed by atoms with E-state index >= 15 is 0 Å². The Balaban J connectivity index is 2.45. The lowest BCUT2D eigenvalue weighted by atomic mass is 10.0. The van der Waals surface area contributed by atoms with Crippen LogP contribution in [0.1, 0.15) is 23.1 Å². The largest absolute Gasteiger partial charge is 0.271 e. The van der Waals surface area contributed by atoms with Crippen LogP contribution in [0.2, 0.25) is 0 Å². The van der Waals surface area contributed by atoms with Crippen LogP contribution in [-0.4, -0.2) is 9.97 Å². The van der Waals surface area contributed by atoms with Crippen molar-refractivity contribution in [2.24, 2.45) is 5.84 Å². The van der Waals surface area contributed by atoms with Crippen LogP contribution in [0.15, 0.2) is 30.5 Å². The Hall–Kier alpha value is -1.92. The maximum atomic E-state index is 13.2. The molecule has 0 saturated heterocycles. The molecule has 0 bridgehead atoms. The molecule has 1 aromatic heterocycles. The van der Waals surface area contributed by atoms with Gasteiger partial charge in [-0.3, -0.25) is 5.84 Å². The second kappa shape index (κ2) is 5.16. The van der Waals surface area contributed by atoms with Crippen molar-refractivity contribution in [3.05, 3.63) is 59.2 Å². The molecule has 1 atom stereocenters. The Labute approximate surface area is 103 Å². The van der Waals surface area contributed by atoms with Gasteiger partial charge in [0.1, 0.15) is 17.5 Å². The molecule has 0 amide bonds. The Morgan fingerprint density at radius 2 is 1.89 bits per heavy atom. The Morgan fingerprint density at radius 1 is 1.22 bits per heavy atom. The fraction of sp³-hybridized carbons (Fsp3) is 0.167. The Bertz CT molecular complexity index is 539. The zero-order chi connectivity index (χ0) is 13.1. The maximum Gasteiger partial charge on any atom is 0.126 e. The maximum absolute atomic E-state index is 13.2. The summed E-state index contributed by atoms with van der Waals surface area (Å²) in [7, 11) is 0. The Morgan fingerprint density at radius 3 is 2.44 bits per heavy atom. The van der Waals surface area contributed by atoms with E-state index in [0.717, 1.165) is 6.07 Å². The molecule has 0 aliphatic rings. The molecule has 6 heteroatoms. The lowest BCUT2D eigenvalue weighted by molar-refractivity contribution is 0.562. The van der Waals surface area contributed by atoms with Gasteiger partial charge in [0.15, 0.2) is 0 Å².